The maximum atomic E-state index is 12.1. The Morgan fingerprint density at radius 1 is 1.27 bits per heavy atom. The second kappa shape index (κ2) is 8.73. The summed E-state index contributed by atoms with van der Waals surface area (Å²) in [6, 6.07) is 9.50. The van der Waals surface area contributed by atoms with Crippen LogP contribution < -0.4 is 0 Å². The molecular weight excluding hydrogens is 302 g/mol. The number of ether oxygens (including phenoxy) is 3. The molecule has 0 aliphatic carbocycles. The number of aromatic nitrogens is 1. The average Bonchev–Trinajstić information content (AvgIpc) is 2.54. The molecular formula is C16H19NO4S. The lowest BCUT2D eigenvalue weighted by Gasteiger charge is -2.10. The van der Waals surface area contributed by atoms with Crippen LogP contribution in [0.25, 0.3) is 10.9 Å². The molecule has 0 saturated heterocycles. The first-order valence-corrected chi connectivity index (χ1v) is 8.01. The Morgan fingerprint density at radius 3 is 2.86 bits per heavy atom. The fraction of sp³-hybridized carbons (Fsp3) is 0.375. The second-order valence-electron chi connectivity index (χ2n) is 4.42. The van der Waals surface area contributed by atoms with Gasteiger partial charge in [0.2, 0.25) is 0 Å². The van der Waals surface area contributed by atoms with E-state index in [1.165, 1.54) is 11.8 Å². The van der Waals surface area contributed by atoms with E-state index in [0.29, 0.717) is 36.3 Å². The number of rotatable bonds is 8. The minimum atomic E-state index is -0.361. The zero-order chi connectivity index (χ0) is 15.8. The molecule has 0 radical (unpaired) electrons. The smallest absolute Gasteiger partial charge is 0.340 e. The molecule has 6 heteroatoms. The van der Waals surface area contributed by atoms with Gasteiger partial charge in [-0.05, 0) is 19.1 Å². The van der Waals surface area contributed by atoms with Gasteiger partial charge in [-0.3, -0.25) is 0 Å². The minimum absolute atomic E-state index is 0.333. The van der Waals surface area contributed by atoms with Crippen molar-refractivity contribution in [3.05, 3.63) is 35.9 Å². The Bertz CT molecular complexity index is 633. The van der Waals surface area contributed by atoms with E-state index in [4.69, 9.17) is 14.2 Å². The van der Waals surface area contributed by atoms with E-state index in [-0.39, 0.29) is 5.97 Å². The Hall–Kier alpha value is -1.63. The lowest BCUT2D eigenvalue weighted by molar-refractivity contribution is 0.0521. The second-order valence-corrected chi connectivity index (χ2v) is 5.33. The molecule has 0 aliphatic rings. The van der Waals surface area contributed by atoms with Crippen molar-refractivity contribution in [2.75, 3.05) is 32.9 Å². The SMILES string of the molecule is CCOC(=O)c1cc2ccccc2nc1SCOCCOC. The number of esters is 1. The summed E-state index contributed by atoms with van der Waals surface area (Å²) in [6.45, 7) is 3.16. The summed E-state index contributed by atoms with van der Waals surface area (Å²) in [6.07, 6.45) is 0. The number of fused-ring (bicyclic) bond motifs is 1. The molecule has 0 fully saturated rings. The molecule has 0 amide bonds. The first kappa shape index (κ1) is 16.7. The van der Waals surface area contributed by atoms with E-state index in [1.807, 2.05) is 30.3 Å². The van der Waals surface area contributed by atoms with E-state index < -0.39 is 0 Å². The van der Waals surface area contributed by atoms with Crippen LogP contribution in [0, 0.1) is 0 Å². The highest BCUT2D eigenvalue weighted by molar-refractivity contribution is 7.99. The van der Waals surface area contributed by atoms with Crippen LogP contribution in [0.2, 0.25) is 0 Å². The molecule has 1 aromatic carbocycles. The zero-order valence-corrected chi connectivity index (χ0v) is 13.5. The number of carbonyl (C=O) groups excluding carboxylic acids is 1. The van der Waals surface area contributed by atoms with Crippen LogP contribution in [0.4, 0.5) is 0 Å². The van der Waals surface area contributed by atoms with E-state index >= 15 is 0 Å². The van der Waals surface area contributed by atoms with Crippen LogP contribution in [-0.4, -0.2) is 43.8 Å². The van der Waals surface area contributed by atoms with Crippen LogP contribution in [0.3, 0.4) is 0 Å². The van der Waals surface area contributed by atoms with Crippen molar-refractivity contribution in [3.63, 3.8) is 0 Å². The Balaban J connectivity index is 2.20. The highest BCUT2D eigenvalue weighted by Gasteiger charge is 2.16. The number of nitrogens with zero attached hydrogens (tertiary/aromatic N) is 1. The summed E-state index contributed by atoms with van der Waals surface area (Å²) in [5.41, 5.74) is 1.32. The molecule has 0 aliphatic heterocycles. The maximum absolute atomic E-state index is 12.1. The van der Waals surface area contributed by atoms with E-state index in [0.717, 1.165) is 10.9 Å². The van der Waals surface area contributed by atoms with Crippen LogP contribution in [-0.2, 0) is 14.2 Å². The normalized spacial score (nSPS) is 10.8. The predicted molar refractivity (Wildman–Crippen MR) is 86.3 cm³/mol. The lowest BCUT2D eigenvalue weighted by Crippen LogP contribution is -2.08. The monoisotopic (exact) mass is 321 g/mol. The first-order chi connectivity index (χ1) is 10.8. The van der Waals surface area contributed by atoms with Gasteiger partial charge in [0.05, 0.1) is 36.8 Å². The third-order valence-corrected chi connectivity index (χ3v) is 3.76. The summed E-state index contributed by atoms with van der Waals surface area (Å²) in [5.74, 6) is 0.0429. The van der Waals surface area contributed by atoms with Gasteiger partial charge in [0.15, 0.2) is 0 Å². The molecule has 0 N–H and O–H groups in total. The summed E-state index contributed by atoms with van der Waals surface area (Å²) < 4.78 is 15.5. The Kier molecular flexibility index (Phi) is 6.64. The van der Waals surface area contributed by atoms with Gasteiger partial charge in [-0.2, -0.15) is 0 Å². The lowest BCUT2D eigenvalue weighted by atomic mass is 10.1. The molecule has 0 saturated carbocycles. The predicted octanol–water partition coefficient (Wildman–Crippen LogP) is 3.12. The van der Waals surface area contributed by atoms with Crippen molar-refractivity contribution in [3.8, 4) is 0 Å². The fourth-order valence-electron chi connectivity index (χ4n) is 1.86. The van der Waals surface area contributed by atoms with Crippen LogP contribution >= 0.6 is 11.8 Å². The molecule has 0 bridgehead atoms. The van der Waals surface area contributed by atoms with Gasteiger partial charge in [0, 0.05) is 12.5 Å². The minimum Gasteiger partial charge on any atom is -0.462 e. The Morgan fingerprint density at radius 2 is 2.09 bits per heavy atom. The molecule has 0 unspecified atom stereocenters. The third-order valence-electron chi connectivity index (χ3n) is 2.90. The standard InChI is InChI=1S/C16H19NO4S/c1-3-21-16(18)13-10-12-6-4-5-7-14(12)17-15(13)22-11-20-9-8-19-2/h4-7,10H,3,8-9,11H2,1-2H3. The maximum Gasteiger partial charge on any atom is 0.340 e. The topological polar surface area (TPSA) is 57.7 Å². The highest BCUT2D eigenvalue weighted by atomic mass is 32.2. The van der Waals surface area contributed by atoms with Crippen LogP contribution in [0.1, 0.15) is 17.3 Å². The number of pyridine rings is 1. The molecule has 118 valence electrons. The van der Waals surface area contributed by atoms with Gasteiger partial charge < -0.3 is 14.2 Å². The summed E-state index contributed by atoms with van der Waals surface area (Å²) in [7, 11) is 1.63. The molecule has 1 heterocycles. The first-order valence-electron chi connectivity index (χ1n) is 7.02. The van der Waals surface area contributed by atoms with Crippen molar-refractivity contribution < 1.29 is 19.0 Å². The summed E-state index contributed by atoms with van der Waals surface area (Å²) >= 11 is 1.38. The quantitative estimate of drug-likeness (QED) is 0.322. The van der Waals surface area contributed by atoms with Gasteiger partial charge in [-0.15, -0.1) is 0 Å². The number of methoxy groups -OCH3 is 1. The zero-order valence-electron chi connectivity index (χ0n) is 12.7. The molecule has 2 rings (SSSR count). The largest absolute Gasteiger partial charge is 0.462 e. The number of thioether (sulfide) groups is 1. The van der Waals surface area contributed by atoms with Gasteiger partial charge in [0.25, 0.3) is 0 Å². The fourth-order valence-corrected chi connectivity index (χ4v) is 2.64. The van der Waals surface area contributed by atoms with Gasteiger partial charge in [-0.25, -0.2) is 9.78 Å². The number of para-hydroxylation sites is 1. The number of hydrogen-bond acceptors (Lipinski definition) is 6. The van der Waals surface area contributed by atoms with Crippen molar-refractivity contribution in [1.82, 2.24) is 4.98 Å². The molecule has 1 aromatic heterocycles. The van der Waals surface area contributed by atoms with E-state index in [2.05, 4.69) is 4.98 Å². The van der Waals surface area contributed by atoms with E-state index in [1.54, 1.807) is 14.0 Å². The average molecular weight is 321 g/mol. The van der Waals surface area contributed by atoms with E-state index in [9.17, 15) is 4.79 Å². The van der Waals surface area contributed by atoms with Crippen molar-refractivity contribution in [1.29, 1.82) is 0 Å². The molecule has 5 nitrogen and oxygen atoms in total. The van der Waals surface area contributed by atoms with Gasteiger partial charge in [-0.1, -0.05) is 30.0 Å². The van der Waals surface area contributed by atoms with Crippen LogP contribution in [0.15, 0.2) is 35.4 Å². The van der Waals surface area contributed by atoms with Crippen molar-refractivity contribution in [2.24, 2.45) is 0 Å². The summed E-state index contributed by atoms with van der Waals surface area (Å²) in [4.78, 5) is 16.7. The molecule has 22 heavy (non-hydrogen) atoms. The van der Waals surface area contributed by atoms with Gasteiger partial charge >= 0.3 is 5.97 Å². The van der Waals surface area contributed by atoms with Gasteiger partial charge in [0.1, 0.15) is 5.03 Å². The van der Waals surface area contributed by atoms with Crippen molar-refractivity contribution in [2.45, 2.75) is 11.9 Å². The number of benzene rings is 1. The highest BCUT2D eigenvalue weighted by Crippen LogP contribution is 2.25. The van der Waals surface area contributed by atoms with Crippen molar-refractivity contribution >= 4 is 28.6 Å². The van der Waals surface area contributed by atoms with Crippen LogP contribution in [0.5, 0.6) is 0 Å². The molecule has 0 spiro atoms. The third kappa shape index (κ3) is 4.43. The Labute approximate surface area is 134 Å². The molecule has 2 aromatic rings. The number of hydrogen-bond donors (Lipinski definition) is 0. The summed E-state index contributed by atoms with van der Waals surface area (Å²) in [5, 5.41) is 1.53. The number of carbonyl (C=O) groups is 1. The molecule has 0 atom stereocenters.